The van der Waals surface area contributed by atoms with E-state index >= 15 is 0 Å². The molecule has 0 rings (SSSR count). The Balaban J connectivity index is 0. The molecule has 27 heavy (non-hydrogen) atoms. The number of unbranched alkanes of at least 4 members (excludes halogenated alkanes) is 1. The van der Waals surface area contributed by atoms with Gasteiger partial charge in [-0.1, -0.05) is 75.6 Å². The summed E-state index contributed by atoms with van der Waals surface area (Å²) in [6.45, 7) is 18.5. The highest BCUT2D eigenvalue weighted by molar-refractivity contribution is 5.66. The van der Waals surface area contributed by atoms with Gasteiger partial charge in [0.05, 0.1) is 0 Å². The van der Waals surface area contributed by atoms with E-state index in [-0.39, 0.29) is 5.41 Å². The van der Waals surface area contributed by atoms with Crippen LogP contribution >= 0.6 is 0 Å². The fourth-order valence-corrected chi connectivity index (χ4v) is 2.40. The SMILES string of the molecule is CCC(C)(C)C(/C=C/C(C)=C/C=C/C(C)=C/C=O)=C(C)C.CCCCNC. The zero-order chi connectivity index (χ0) is 21.3. The number of carbonyl (C=O) groups is 1. The molecule has 0 aromatic rings. The summed E-state index contributed by atoms with van der Waals surface area (Å²) >= 11 is 0. The van der Waals surface area contributed by atoms with Crippen LogP contribution in [0.4, 0.5) is 0 Å². The first kappa shape index (κ1) is 27.5. The van der Waals surface area contributed by atoms with Crippen LogP contribution in [0.5, 0.6) is 0 Å². The van der Waals surface area contributed by atoms with Crippen LogP contribution in [0.15, 0.2) is 58.7 Å². The molecule has 0 unspecified atom stereocenters. The van der Waals surface area contributed by atoms with Crippen molar-refractivity contribution in [3.8, 4) is 0 Å². The highest BCUT2D eigenvalue weighted by atomic mass is 16.1. The molecule has 0 amide bonds. The van der Waals surface area contributed by atoms with Crippen LogP contribution in [0.1, 0.15) is 74.7 Å². The van der Waals surface area contributed by atoms with Gasteiger partial charge in [0, 0.05) is 0 Å². The molecule has 0 aliphatic carbocycles. The topological polar surface area (TPSA) is 29.1 Å². The minimum atomic E-state index is 0.203. The Morgan fingerprint density at radius 2 is 1.52 bits per heavy atom. The predicted molar refractivity (Wildman–Crippen MR) is 123 cm³/mol. The maximum absolute atomic E-state index is 10.3. The van der Waals surface area contributed by atoms with Gasteiger partial charge in [0.15, 0.2) is 0 Å². The smallest absolute Gasteiger partial charge is 0.143 e. The molecule has 0 atom stereocenters. The van der Waals surface area contributed by atoms with Crippen molar-refractivity contribution in [1.82, 2.24) is 5.32 Å². The van der Waals surface area contributed by atoms with Crippen molar-refractivity contribution in [3.05, 3.63) is 58.7 Å². The number of nitrogens with one attached hydrogen (secondary N) is 1. The van der Waals surface area contributed by atoms with Gasteiger partial charge in [-0.25, -0.2) is 0 Å². The van der Waals surface area contributed by atoms with Gasteiger partial charge in [0.25, 0.3) is 0 Å². The molecule has 0 aromatic carbocycles. The number of hydrogen-bond acceptors (Lipinski definition) is 2. The predicted octanol–water partition coefficient (Wildman–Crippen LogP) is 6.97. The molecule has 0 aliphatic heterocycles. The highest BCUT2D eigenvalue weighted by Crippen LogP contribution is 2.33. The fraction of sp³-hybridized carbons (Fsp3) is 0.560. The summed E-state index contributed by atoms with van der Waals surface area (Å²) < 4.78 is 0. The van der Waals surface area contributed by atoms with E-state index in [0.29, 0.717) is 0 Å². The Morgan fingerprint density at radius 3 is 1.93 bits per heavy atom. The summed E-state index contributed by atoms with van der Waals surface area (Å²) in [6, 6.07) is 0. The second kappa shape index (κ2) is 16.5. The standard InChI is InChI=1S/C20H30O.C5H13N/c1-8-20(6,7)19(16(2)3)13-12-17(4)10-9-11-18(5)14-15-21;1-3-4-5-6-2/h9-15H,8H2,1-7H3;6H,3-5H2,1-2H3/b11-9+,13-12+,17-10+,18-14+;. The second-order valence-corrected chi connectivity index (χ2v) is 7.76. The molecule has 154 valence electrons. The summed E-state index contributed by atoms with van der Waals surface area (Å²) in [6.07, 6.45) is 16.4. The average molecular weight is 374 g/mol. The summed E-state index contributed by atoms with van der Waals surface area (Å²) in [4.78, 5) is 10.3. The highest BCUT2D eigenvalue weighted by Gasteiger charge is 2.19. The van der Waals surface area contributed by atoms with E-state index < -0.39 is 0 Å². The lowest BCUT2D eigenvalue weighted by atomic mass is 9.79. The summed E-state index contributed by atoms with van der Waals surface area (Å²) in [5.74, 6) is 0. The van der Waals surface area contributed by atoms with Gasteiger partial charge in [-0.2, -0.15) is 0 Å². The van der Waals surface area contributed by atoms with Crippen molar-refractivity contribution in [2.75, 3.05) is 13.6 Å². The van der Waals surface area contributed by atoms with Gasteiger partial charge >= 0.3 is 0 Å². The quantitative estimate of drug-likeness (QED) is 0.194. The van der Waals surface area contributed by atoms with E-state index in [0.717, 1.165) is 24.8 Å². The molecule has 1 N–H and O–H groups in total. The third-order valence-electron chi connectivity index (χ3n) is 4.49. The van der Waals surface area contributed by atoms with Gasteiger partial charge in [0.1, 0.15) is 6.29 Å². The van der Waals surface area contributed by atoms with Crippen LogP contribution in [-0.2, 0) is 4.79 Å². The Bertz CT molecular complexity index is 549. The third-order valence-corrected chi connectivity index (χ3v) is 4.49. The largest absolute Gasteiger partial charge is 0.320 e. The van der Waals surface area contributed by atoms with Crippen LogP contribution in [0.3, 0.4) is 0 Å². The average Bonchev–Trinajstić information content (AvgIpc) is 2.60. The van der Waals surface area contributed by atoms with E-state index in [4.69, 9.17) is 0 Å². The van der Waals surface area contributed by atoms with E-state index in [1.165, 1.54) is 29.6 Å². The minimum absolute atomic E-state index is 0.203. The number of hydrogen-bond donors (Lipinski definition) is 1. The zero-order valence-electron chi connectivity index (χ0n) is 19.3. The van der Waals surface area contributed by atoms with Crippen molar-refractivity contribution in [1.29, 1.82) is 0 Å². The first-order valence-electron chi connectivity index (χ1n) is 10.1. The molecular formula is C25H43NO. The molecule has 0 saturated heterocycles. The van der Waals surface area contributed by atoms with Crippen molar-refractivity contribution in [2.45, 2.75) is 74.7 Å². The Hall–Kier alpha value is -1.67. The van der Waals surface area contributed by atoms with Gasteiger partial charge in [-0.15, -0.1) is 0 Å². The molecule has 2 nitrogen and oxygen atoms in total. The maximum atomic E-state index is 10.3. The third kappa shape index (κ3) is 15.1. The van der Waals surface area contributed by atoms with Gasteiger partial charge < -0.3 is 5.32 Å². The van der Waals surface area contributed by atoms with Crippen LogP contribution in [0, 0.1) is 5.41 Å². The van der Waals surface area contributed by atoms with Crippen molar-refractivity contribution in [3.63, 3.8) is 0 Å². The van der Waals surface area contributed by atoms with Crippen LogP contribution < -0.4 is 5.32 Å². The lowest BCUT2D eigenvalue weighted by molar-refractivity contribution is -0.104. The van der Waals surface area contributed by atoms with Gasteiger partial charge in [0.2, 0.25) is 0 Å². The minimum Gasteiger partial charge on any atom is -0.320 e. The van der Waals surface area contributed by atoms with E-state index in [9.17, 15) is 4.79 Å². The molecule has 0 radical (unpaired) electrons. The summed E-state index contributed by atoms with van der Waals surface area (Å²) in [7, 11) is 1.98. The fourth-order valence-electron chi connectivity index (χ4n) is 2.40. The van der Waals surface area contributed by atoms with E-state index in [1.807, 2.05) is 26.1 Å². The number of rotatable bonds is 10. The normalized spacial score (nSPS) is 12.9. The summed E-state index contributed by atoms with van der Waals surface area (Å²) in [5.41, 5.74) is 5.12. The maximum Gasteiger partial charge on any atom is 0.143 e. The molecule has 0 saturated carbocycles. The Labute approximate surface area is 169 Å². The lowest BCUT2D eigenvalue weighted by Crippen LogP contribution is -2.13. The first-order chi connectivity index (χ1) is 12.7. The Kier molecular flexibility index (Phi) is 16.8. The van der Waals surface area contributed by atoms with Crippen LogP contribution in [0.25, 0.3) is 0 Å². The summed E-state index contributed by atoms with van der Waals surface area (Å²) in [5, 5.41) is 3.07. The monoisotopic (exact) mass is 373 g/mol. The molecule has 0 fully saturated rings. The second-order valence-electron chi connectivity index (χ2n) is 7.76. The van der Waals surface area contributed by atoms with Gasteiger partial charge in [-0.05, 0) is 76.8 Å². The Morgan fingerprint density at radius 1 is 0.926 bits per heavy atom. The molecule has 0 aliphatic rings. The van der Waals surface area contributed by atoms with Crippen molar-refractivity contribution in [2.24, 2.45) is 5.41 Å². The van der Waals surface area contributed by atoms with Crippen LogP contribution in [0.2, 0.25) is 0 Å². The molecular weight excluding hydrogens is 330 g/mol. The lowest BCUT2D eigenvalue weighted by Gasteiger charge is -2.26. The van der Waals surface area contributed by atoms with E-state index in [1.54, 1.807) is 6.08 Å². The molecule has 0 aromatic heterocycles. The number of aldehydes is 1. The van der Waals surface area contributed by atoms with Gasteiger partial charge in [-0.3, -0.25) is 4.79 Å². The molecule has 0 heterocycles. The molecule has 2 heteroatoms. The van der Waals surface area contributed by atoms with Crippen molar-refractivity contribution < 1.29 is 4.79 Å². The first-order valence-corrected chi connectivity index (χ1v) is 10.1. The molecule has 0 bridgehead atoms. The number of carbonyl (C=O) groups excluding carboxylic acids is 1. The number of allylic oxidation sites excluding steroid dienone is 10. The van der Waals surface area contributed by atoms with Crippen LogP contribution in [-0.4, -0.2) is 19.9 Å². The zero-order valence-corrected chi connectivity index (χ0v) is 19.3. The molecule has 0 spiro atoms. The van der Waals surface area contributed by atoms with E-state index in [2.05, 4.69) is 72.0 Å². The van der Waals surface area contributed by atoms with Crippen molar-refractivity contribution >= 4 is 6.29 Å².